The van der Waals surface area contributed by atoms with Crippen LogP contribution < -0.4 is 10.1 Å². The summed E-state index contributed by atoms with van der Waals surface area (Å²) in [7, 11) is 1.60. The van der Waals surface area contributed by atoms with E-state index in [2.05, 4.69) is 22.0 Å². The predicted molar refractivity (Wildman–Crippen MR) is 88.7 cm³/mol. The summed E-state index contributed by atoms with van der Waals surface area (Å²) in [4.78, 5) is 9.30. The zero-order valence-corrected chi connectivity index (χ0v) is 12.7. The minimum atomic E-state index is 0.610. The second kappa shape index (κ2) is 7.72. The average molecular weight is 305 g/mol. The number of pyridine rings is 1. The largest absolute Gasteiger partial charge is 0.481 e. The maximum Gasteiger partial charge on any atom is 0.213 e. The summed E-state index contributed by atoms with van der Waals surface area (Å²) in [6, 6.07) is 7.80. The Morgan fingerprint density at radius 2 is 2.45 bits per heavy atom. The normalized spacial score (nSPS) is 11.2. The molecule has 0 aliphatic heterocycles. The monoisotopic (exact) mass is 305 g/mol. The molecular formula is C14H15N3OS2. The lowest BCUT2D eigenvalue weighted by Crippen LogP contribution is -1.97. The Kier molecular flexibility index (Phi) is 5.64. The van der Waals surface area contributed by atoms with Gasteiger partial charge in [-0.1, -0.05) is 6.07 Å². The Morgan fingerprint density at radius 3 is 3.05 bits per heavy atom. The van der Waals surface area contributed by atoms with Crippen LogP contribution in [0.15, 0.2) is 46.2 Å². The first-order valence-electron chi connectivity index (χ1n) is 5.90. The van der Waals surface area contributed by atoms with Gasteiger partial charge in [0.2, 0.25) is 5.88 Å². The molecule has 104 valence electrons. The molecule has 2 aromatic rings. The maximum absolute atomic E-state index is 5.01. The van der Waals surface area contributed by atoms with E-state index in [1.807, 2.05) is 35.1 Å². The highest BCUT2D eigenvalue weighted by atomic mass is 32.2. The van der Waals surface area contributed by atoms with E-state index in [-0.39, 0.29) is 0 Å². The number of aliphatic imine (C=N–C) groups is 1. The fourth-order valence-corrected chi connectivity index (χ4v) is 2.92. The first-order chi connectivity index (χ1) is 9.83. The van der Waals surface area contributed by atoms with E-state index >= 15 is 0 Å². The number of rotatable bonds is 7. The third-order valence-corrected chi connectivity index (χ3v) is 4.04. The van der Waals surface area contributed by atoms with Gasteiger partial charge in [-0.15, -0.1) is 23.1 Å². The minimum Gasteiger partial charge on any atom is -0.481 e. The van der Waals surface area contributed by atoms with E-state index in [9.17, 15) is 0 Å². The van der Waals surface area contributed by atoms with Gasteiger partial charge in [-0.25, -0.2) is 4.98 Å². The van der Waals surface area contributed by atoms with E-state index < -0.39 is 0 Å². The van der Waals surface area contributed by atoms with Crippen molar-refractivity contribution in [1.82, 2.24) is 4.98 Å². The molecule has 0 saturated heterocycles. The van der Waals surface area contributed by atoms with Gasteiger partial charge in [0, 0.05) is 6.07 Å². The van der Waals surface area contributed by atoms with Gasteiger partial charge in [0.15, 0.2) is 0 Å². The van der Waals surface area contributed by atoms with Gasteiger partial charge in [-0.3, -0.25) is 4.99 Å². The Labute approximate surface area is 126 Å². The molecule has 0 aromatic carbocycles. The second-order valence-electron chi connectivity index (χ2n) is 3.72. The number of anilines is 1. The number of nitrogens with zero attached hydrogens (tertiary/aromatic N) is 2. The van der Waals surface area contributed by atoms with Crippen molar-refractivity contribution < 1.29 is 4.74 Å². The standard InChI is InChI=1S/C14H15N3OS2/c1-15-12(13-4-3-7-20-13)9-19-10-17-11-5-6-14(18-2)16-8-11/h3-9,17H,1,10H2,2H3/b12-9-. The number of hydrogen-bond donors (Lipinski definition) is 1. The van der Waals surface area contributed by atoms with Crippen LogP contribution in [-0.2, 0) is 0 Å². The Balaban J connectivity index is 1.84. The van der Waals surface area contributed by atoms with Crippen LogP contribution in [0.4, 0.5) is 5.69 Å². The SMILES string of the molecule is C=N/C(=C\SCNc1ccc(OC)nc1)c1cccs1. The van der Waals surface area contributed by atoms with Gasteiger partial charge in [0.1, 0.15) is 0 Å². The van der Waals surface area contributed by atoms with Gasteiger partial charge >= 0.3 is 0 Å². The summed E-state index contributed by atoms with van der Waals surface area (Å²) in [6.45, 7) is 3.60. The molecule has 6 heteroatoms. The van der Waals surface area contributed by atoms with Crippen molar-refractivity contribution in [2.45, 2.75) is 0 Å². The number of nitrogens with one attached hydrogen (secondary N) is 1. The molecule has 0 atom stereocenters. The van der Waals surface area contributed by atoms with Crippen molar-refractivity contribution in [3.8, 4) is 5.88 Å². The highest BCUT2D eigenvalue weighted by molar-refractivity contribution is 8.02. The number of thiophene rings is 1. The molecule has 0 spiro atoms. The molecule has 2 aromatic heterocycles. The smallest absolute Gasteiger partial charge is 0.213 e. The maximum atomic E-state index is 5.01. The van der Waals surface area contributed by atoms with Gasteiger partial charge < -0.3 is 10.1 Å². The summed E-state index contributed by atoms with van der Waals surface area (Å²) in [5, 5.41) is 7.29. The molecule has 0 amide bonds. The first kappa shape index (κ1) is 14.6. The summed E-state index contributed by atoms with van der Waals surface area (Å²) >= 11 is 3.28. The number of aromatic nitrogens is 1. The van der Waals surface area contributed by atoms with E-state index in [4.69, 9.17) is 4.74 Å². The van der Waals surface area contributed by atoms with Gasteiger partial charge in [-0.05, 0) is 29.6 Å². The average Bonchev–Trinajstić information content (AvgIpc) is 3.02. The van der Waals surface area contributed by atoms with Crippen LogP contribution in [0.25, 0.3) is 5.70 Å². The Hall–Kier alpha value is -1.79. The van der Waals surface area contributed by atoms with Crippen molar-refractivity contribution in [3.63, 3.8) is 0 Å². The number of thioether (sulfide) groups is 1. The van der Waals surface area contributed by atoms with Gasteiger partial charge in [-0.2, -0.15) is 0 Å². The Bertz CT molecular complexity index is 565. The third-order valence-electron chi connectivity index (χ3n) is 2.44. The zero-order chi connectivity index (χ0) is 14.2. The van der Waals surface area contributed by atoms with E-state index in [1.165, 1.54) is 0 Å². The number of methoxy groups -OCH3 is 1. The molecule has 0 bridgehead atoms. The van der Waals surface area contributed by atoms with Crippen molar-refractivity contribution in [3.05, 3.63) is 46.1 Å². The van der Waals surface area contributed by atoms with Crippen LogP contribution in [0.5, 0.6) is 5.88 Å². The topological polar surface area (TPSA) is 46.5 Å². The van der Waals surface area contributed by atoms with Crippen LogP contribution in [0.3, 0.4) is 0 Å². The molecule has 2 heterocycles. The lowest BCUT2D eigenvalue weighted by atomic mass is 10.4. The summed E-state index contributed by atoms with van der Waals surface area (Å²) < 4.78 is 5.01. The van der Waals surface area contributed by atoms with Crippen LogP contribution in [0, 0.1) is 0 Å². The molecule has 0 saturated carbocycles. The lowest BCUT2D eigenvalue weighted by molar-refractivity contribution is 0.398. The molecule has 0 aliphatic rings. The van der Waals surface area contributed by atoms with Crippen molar-refractivity contribution in [2.24, 2.45) is 4.99 Å². The molecule has 0 unspecified atom stereocenters. The van der Waals surface area contributed by atoms with Crippen molar-refractivity contribution >= 4 is 41.2 Å². The van der Waals surface area contributed by atoms with Crippen LogP contribution in [-0.4, -0.2) is 24.7 Å². The fourth-order valence-electron chi connectivity index (χ4n) is 1.45. The second-order valence-corrected chi connectivity index (χ2v) is 5.52. The minimum absolute atomic E-state index is 0.610. The molecule has 0 fully saturated rings. The summed E-state index contributed by atoms with van der Waals surface area (Å²) in [6.07, 6.45) is 1.75. The predicted octanol–water partition coefficient (Wildman–Crippen LogP) is 3.95. The first-order valence-corrected chi connectivity index (χ1v) is 7.82. The van der Waals surface area contributed by atoms with Crippen LogP contribution in [0.1, 0.15) is 4.88 Å². The molecule has 0 radical (unpaired) electrons. The molecule has 20 heavy (non-hydrogen) atoms. The molecule has 2 rings (SSSR count). The van der Waals surface area contributed by atoms with Gasteiger partial charge in [0.05, 0.1) is 35.4 Å². The van der Waals surface area contributed by atoms with E-state index in [0.717, 1.165) is 22.1 Å². The molecular weight excluding hydrogens is 290 g/mol. The highest BCUT2D eigenvalue weighted by Gasteiger charge is 1.99. The molecule has 1 N–H and O–H groups in total. The fraction of sp³-hybridized carbons (Fsp3) is 0.143. The third kappa shape index (κ3) is 4.11. The van der Waals surface area contributed by atoms with Crippen molar-refractivity contribution in [2.75, 3.05) is 18.3 Å². The lowest BCUT2D eigenvalue weighted by Gasteiger charge is -2.05. The quantitative estimate of drug-likeness (QED) is 0.478. The Morgan fingerprint density at radius 1 is 1.55 bits per heavy atom. The number of ether oxygens (including phenoxy) is 1. The molecule has 4 nitrogen and oxygen atoms in total. The van der Waals surface area contributed by atoms with Crippen molar-refractivity contribution in [1.29, 1.82) is 0 Å². The van der Waals surface area contributed by atoms with Gasteiger partial charge in [0.25, 0.3) is 0 Å². The molecule has 0 aliphatic carbocycles. The van der Waals surface area contributed by atoms with Crippen LogP contribution >= 0.6 is 23.1 Å². The number of hydrogen-bond acceptors (Lipinski definition) is 6. The van der Waals surface area contributed by atoms with Crippen LogP contribution in [0.2, 0.25) is 0 Å². The van der Waals surface area contributed by atoms with E-state index in [1.54, 1.807) is 36.4 Å². The highest BCUT2D eigenvalue weighted by Crippen LogP contribution is 2.24. The summed E-state index contributed by atoms with van der Waals surface area (Å²) in [5.74, 6) is 1.34. The zero-order valence-electron chi connectivity index (χ0n) is 11.1. The van der Waals surface area contributed by atoms with E-state index in [0.29, 0.717) is 5.88 Å². The summed E-state index contributed by atoms with van der Waals surface area (Å²) in [5.41, 5.74) is 1.86.